The number of carbonyl (C=O) groups is 1. The summed E-state index contributed by atoms with van der Waals surface area (Å²) in [6.07, 6.45) is 20.4. The van der Waals surface area contributed by atoms with Crippen LogP contribution in [0, 0.1) is 0 Å². The molecule has 1 N–H and O–H groups in total. The number of benzene rings is 1. The third-order valence-corrected chi connectivity index (χ3v) is 8.48. The van der Waals surface area contributed by atoms with E-state index in [1.165, 1.54) is 89.9 Å². The number of rotatable bonds is 21. The average molecular weight is 575 g/mol. The van der Waals surface area contributed by atoms with Crippen LogP contribution in [0.15, 0.2) is 12.1 Å². The number of hydrogen-bond donors (Lipinski definition) is 1. The summed E-state index contributed by atoms with van der Waals surface area (Å²) in [6.45, 7) is 17.4. The lowest BCUT2D eigenvalue weighted by Crippen LogP contribution is -2.43. The van der Waals surface area contributed by atoms with E-state index in [4.69, 9.17) is 4.74 Å². The number of nitrogens with zero attached hydrogens (tertiary/aromatic N) is 1. The highest BCUT2D eigenvalue weighted by molar-refractivity contribution is 5.69. The van der Waals surface area contributed by atoms with Gasteiger partial charge >= 0.3 is 5.97 Å². The van der Waals surface area contributed by atoms with Crippen molar-refractivity contribution in [3.63, 3.8) is 0 Å². The zero-order valence-corrected chi connectivity index (χ0v) is 28.8. The highest BCUT2D eigenvalue weighted by atomic mass is 16.5. The van der Waals surface area contributed by atoms with Gasteiger partial charge in [0.25, 0.3) is 0 Å². The van der Waals surface area contributed by atoms with Crippen LogP contribution < -0.4 is 0 Å². The topological polar surface area (TPSA) is 46.5 Å². The number of esters is 1. The number of quaternary nitrogens is 1. The first kappa shape index (κ1) is 37.5. The van der Waals surface area contributed by atoms with E-state index in [1.54, 1.807) is 0 Å². The third-order valence-electron chi connectivity index (χ3n) is 8.48. The van der Waals surface area contributed by atoms with Crippen LogP contribution in [0.25, 0.3) is 0 Å². The van der Waals surface area contributed by atoms with Crippen LogP contribution in [0.5, 0.6) is 5.75 Å². The number of phenolic OH excluding ortho intramolecular Hbond substituents is 1. The molecule has 0 spiro atoms. The van der Waals surface area contributed by atoms with Crippen molar-refractivity contribution in [2.24, 2.45) is 0 Å². The van der Waals surface area contributed by atoms with Gasteiger partial charge in [-0.2, -0.15) is 0 Å². The van der Waals surface area contributed by atoms with Crippen LogP contribution in [0.1, 0.15) is 161 Å². The molecular formula is C37H68NO3+. The smallest absolute Gasteiger partial charge is 0.306 e. The molecule has 0 heterocycles. The Balaban J connectivity index is 2.25. The van der Waals surface area contributed by atoms with Crippen molar-refractivity contribution in [2.45, 2.75) is 162 Å². The van der Waals surface area contributed by atoms with Crippen molar-refractivity contribution >= 4 is 5.97 Å². The molecule has 0 saturated heterocycles. The van der Waals surface area contributed by atoms with Gasteiger partial charge in [-0.1, -0.05) is 138 Å². The van der Waals surface area contributed by atoms with E-state index in [0.717, 1.165) is 34.3 Å². The Morgan fingerprint density at radius 1 is 0.707 bits per heavy atom. The number of unbranched alkanes of at least 4 members (excludes halogenated alkanes) is 13. The van der Waals surface area contributed by atoms with Crippen molar-refractivity contribution in [3.05, 3.63) is 28.8 Å². The molecule has 0 bridgehead atoms. The van der Waals surface area contributed by atoms with Crippen LogP contribution in [0.2, 0.25) is 0 Å². The molecule has 0 aliphatic rings. The minimum atomic E-state index is -0.170. The molecule has 0 aliphatic heterocycles. The molecule has 1 aromatic rings. The van der Waals surface area contributed by atoms with Crippen molar-refractivity contribution in [3.8, 4) is 5.75 Å². The van der Waals surface area contributed by atoms with Gasteiger partial charge in [-0.05, 0) is 46.8 Å². The van der Waals surface area contributed by atoms with Crippen LogP contribution in [0.4, 0.5) is 0 Å². The first-order valence-corrected chi connectivity index (χ1v) is 17.0. The normalized spacial score (nSPS) is 12.6. The van der Waals surface area contributed by atoms with E-state index in [-0.39, 0.29) is 16.8 Å². The number of carbonyl (C=O) groups excluding carboxylic acids is 1. The van der Waals surface area contributed by atoms with Crippen molar-refractivity contribution in [1.82, 2.24) is 0 Å². The van der Waals surface area contributed by atoms with Crippen LogP contribution >= 0.6 is 0 Å². The van der Waals surface area contributed by atoms with Gasteiger partial charge in [0.15, 0.2) is 0 Å². The summed E-state index contributed by atoms with van der Waals surface area (Å²) >= 11 is 0. The molecule has 0 amide bonds. The van der Waals surface area contributed by atoms with Gasteiger partial charge in [0.1, 0.15) is 18.9 Å². The van der Waals surface area contributed by atoms with Crippen molar-refractivity contribution in [1.29, 1.82) is 0 Å². The van der Waals surface area contributed by atoms with E-state index in [0.29, 0.717) is 25.2 Å². The molecule has 238 valence electrons. The highest BCUT2D eigenvalue weighted by Crippen LogP contribution is 2.40. The van der Waals surface area contributed by atoms with Crippen LogP contribution in [-0.4, -0.2) is 49.4 Å². The lowest BCUT2D eigenvalue weighted by molar-refractivity contribution is -0.890. The Labute approximate surface area is 255 Å². The highest BCUT2D eigenvalue weighted by Gasteiger charge is 2.26. The second kappa shape index (κ2) is 18.9. The summed E-state index contributed by atoms with van der Waals surface area (Å²) < 4.78 is 6.53. The molecule has 1 rings (SSSR count). The fourth-order valence-electron chi connectivity index (χ4n) is 5.55. The number of likely N-dealkylation sites (N-methyl/N-ethyl adjacent to an activating group) is 1. The molecule has 4 heteroatoms. The maximum atomic E-state index is 12.6. The zero-order chi connectivity index (χ0) is 30.9. The number of ether oxygens (including phenoxy) is 1. The summed E-state index contributed by atoms with van der Waals surface area (Å²) in [7, 11) is 4.49. The maximum absolute atomic E-state index is 12.6. The molecular weight excluding hydrogens is 506 g/mol. The molecule has 0 saturated carbocycles. The number of aryl methyl sites for hydroxylation is 1. The minimum Gasteiger partial charge on any atom is -0.507 e. The molecule has 0 unspecified atom stereocenters. The molecule has 4 nitrogen and oxygen atoms in total. The third kappa shape index (κ3) is 16.6. The number of aromatic hydroxyl groups is 1. The largest absolute Gasteiger partial charge is 0.507 e. The van der Waals surface area contributed by atoms with E-state index in [2.05, 4.69) is 74.7 Å². The van der Waals surface area contributed by atoms with Crippen LogP contribution in [0.3, 0.4) is 0 Å². The summed E-state index contributed by atoms with van der Waals surface area (Å²) in [6, 6.07) is 4.13. The molecule has 0 aliphatic carbocycles. The Hall–Kier alpha value is -1.55. The lowest BCUT2D eigenvalue weighted by Gasteiger charge is -2.29. The van der Waals surface area contributed by atoms with Crippen LogP contribution in [-0.2, 0) is 26.8 Å². The van der Waals surface area contributed by atoms with Gasteiger partial charge in [0, 0.05) is 6.42 Å². The van der Waals surface area contributed by atoms with Gasteiger partial charge in [0.05, 0.1) is 20.6 Å². The fourth-order valence-corrected chi connectivity index (χ4v) is 5.55. The predicted molar refractivity (Wildman–Crippen MR) is 177 cm³/mol. The first-order chi connectivity index (χ1) is 19.2. The number of hydrogen-bond acceptors (Lipinski definition) is 3. The van der Waals surface area contributed by atoms with E-state index >= 15 is 0 Å². The number of phenols is 1. The minimum absolute atomic E-state index is 0.135. The average Bonchev–Trinajstić information content (AvgIpc) is 2.86. The van der Waals surface area contributed by atoms with Crippen molar-refractivity contribution < 1.29 is 19.1 Å². The summed E-state index contributed by atoms with van der Waals surface area (Å²) in [5, 5.41) is 10.9. The Bertz CT molecular complexity index is 825. The molecule has 0 atom stereocenters. The zero-order valence-electron chi connectivity index (χ0n) is 28.8. The van der Waals surface area contributed by atoms with E-state index in [1.807, 2.05) is 0 Å². The second-order valence-electron chi connectivity index (χ2n) is 15.2. The quantitative estimate of drug-likeness (QED) is 0.0902. The maximum Gasteiger partial charge on any atom is 0.306 e. The van der Waals surface area contributed by atoms with E-state index < -0.39 is 0 Å². The molecule has 0 aromatic heterocycles. The monoisotopic (exact) mass is 575 g/mol. The summed E-state index contributed by atoms with van der Waals surface area (Å²) in [5.41, 5.74) is 2.63. The van der Waals surface area contributed by atoms with Crippen molar-refractivity contribution in [2.75, 3.05) is 33.8 Å². The van der Waals surface area contributed by atoms with Gasteiger partial charge in [-0.3, -0.25) is 4.79 Å². The van der Waals surface area contributed by atoms with Gasteiger partial charge < -0.3 is 14.3 Å². The predicted octanol–water partition coefficient (Wildman–Crippen LogP) is 10.0. The SMILES string of the molecule is CCCCCCCCCCCCCCCC[N+](C)(C)CCOC(=O)CCc1cc(C(C)(C)C)c(O)c(C(C)(C)C)c1. The van der Waals surface area contributed by atoms with E-state index in [9.17, 15) is 9.90 Å². The van der Waals surface area contributed by atoms with Gasteiger partial charge in [0.2, 0.25) is 0 Å². The Kier molecular flexibility index (Phi) is 17.3. The Morgan fingerprint density at radius 3 is 1.54 bits per heavy atom. The summed E-state index contributed by atoms with van der Waals surface area (Å²) in [5.74, 6) is 0.249. The van der Waals surface area contributed by atoms with Gasteiger partial charge in [-0.25, -0.2) is 0 Å². The molecule has 0 radical (unpaired) electrons. The summed E-state index contributed by atoms with van der Waals surface area (Å²) in [4.78, 5) is 12.6. The van der Waals surface area contributed by atoms with Gasteiger partial charge in [-0.15, -0.1) is 0 Å². The second-order valence-corrected chi connectivity index (χ2v) is 15.2. The fraction of sp³-hybridized carbons (Fsp3) is 0.811. The molecule has 41 heavy (non-hydrogen) atoms. The molecule has 1 aromatic carbocycles. The standard InChI is InChI=1S/C37H67NO3/c1-10-11-12-13-14-15-16-17-18-19-20-21-22-23-26-38(8,9)27-28-41-34(39)25-24-31-29-32(36(2,3)4)35(40)33(30-31)37(5,6)7/h29-30H,10-28H2,1-9H3/p+1. The Morgan fingerprint density at radius 2 is 1.12 bits per heavy atom. The lowest BCUT2D eigenvalue weighted by atomic mass is 9.78. The molecule has 0 fully saturated rings. The first-order valence-electron chi connectivity index (χ1n) is 17.0.